The van der Waals surface area contributed by atoms with Crippen molar-refractivity contribution in [2.45, 2.75) is 51.8 Å². The van der Waals surface area contributed by atoms with Gasteiger partial charge in [0.05, 0.1) is 11.6 Å². The molecule has 0 radical (unpaired) electrons. The van der Waals surface area contributed by atoms with E-state index in [1.54, 1.807) is 21.1 Å². The summed E-state index contributed by atoms with van der Waals surface area (Å²) in [5, 5.41) is 44.9. The zero-order valence-corrected chi connectivity index (χ0v) is 23.0. The van der Waals surface area contributed by atoms with E-state index in [-0.39, 0.29) is 47.1 Å². The van der Waals surface area contributed by atoms with Crippen LogP contribution in [-0.2, 0) is 22.6 Å². The molecule has 212 valence electrons. The quantitative estimate of drug-likeness (QED) is 0.347. The Morgan fingerprint density at radius 1 is 1.18 bits per heavy atom. The van der Waals surface area contributed by atoms with E-state index in [9.17, 15) is 34.8 Å². The number of aromatic hydroxyl groups is 1. The fourth-order valence-corrected chi connectivity index (χ4v) is 6.60. The van der Waals surface area contributed by atoms with Crippen molar-refractivity contribution in [2.75, 3.05) is 27.7 Å². The number of primary amides is 1. The molecule has 10 nitrogen and oxygen atoms in total. The number of Topliss-reactive ketones (excluding diaryl/α,β-unsaturated/α-hetero) is 2. The van der Waals surface area contributed by atoms with Crippen LogP contribution in [0.5, 0.6) is 5.75 Å². The molecule has 1 aromatic rings. The molecule has 0 aliphatic heterocycles. The smallest absolute Gasteiger partial charge is 0.255 e. The second kappa shape index (κ2) is 9.42. The van der Waals surface area contributed by atoms with Crippen LogP contribution < -0.4 is 5.73 Å². The molecule has 3 aliphatic rings. The Morgan fingerprint density at radius 2 is 1.79 bits per heavy atom. The molecular weight excluding hydrogens is 509 g/mol. The predicted molar refractivity (Wildman–Crippen MR) is 139 cm³/mol. The van der Waals surface area contributed by atoms with Gasteiger partial charge in [-0.25, -0.2) is 4.39 Å². The maximum atomic E-state index is 15.2. The lowest BCUT2D eigenvalue weighted by Gasteiger charge is -2.50. The van der Waals surface area contributed by atoms with Crippen LogP contribution in [0.4, 0.5) is 4.39 Å². The first-order chi connectivity index (χ1) is 17.9. The number of phenols is 1. The minimum atomic E-state index is -2.71. The maximum absolute atomic E-state index is 15.2. The molecule has 1 aromatic carbocycles. The molecule has 0 saturated heterocycles. The topological polar surface area (TPSA) is 165 Å². The SMILES string of the molecule is CN(Cc1c(F)cc2c(c1O)C(=O)C1=C(O)[C@]3(O)C(=O)C(C(N)=O)=C(O)[C@@H](N(C)C)[C@@H]3C[C@@H]1C2)CC(C)(C)C. The van der Waals surface area contributed by atoms with Crippen LogP contribution >= 0.6 is 0 Å². The number of allylic oxidation sites excluding steroid dienone is 1. The molecule has 0 aromatic heterocycles. The third kappa shape index (κ3) is 4.42. The number of aliphatic hydroxyl groups excluding tert-OH is 2. The predicted octanol–water partition coefficient (Wildman–Crippen LogP) is 1.74. The number of carbonyl (C=O) groups is 3. The molecular formula is C28H36FN3O7. The summed E-state index contributed by atoms with van der Waals surface area (Å²) in [6, 6.07) is 0.126. The summed E-state index contributed by atoms with van der Waals surface area (Å²) < 4.78 is 15.2. The number of nitrogens with zero attached hydrogens (tertiary/aromatic N) is 2. The number of fused-ring (bicyclic) bond motifs is 3. The first-order valence-electron chi connectivity index (χ1n) is 12.8. The fourth-order valence-electron chi connectivity index (χ4n) is 6.60. The van der Waals surface area contributed by atoms with Gasteiger partial charge >= 0.3 is 0 Å². The van der Waals surface area contributed by atoms with Crippen molar-refractivity contribution < 1.29 is 39.2 Å². The van der Waals surface area contributed by atoms with Gasteiger partial charge in [0.2, 0.25) is 5.78 Å². The summed E-state index contributed by atoms with van der Waals surface area (Å²) >= 11 is 0. The van der Waals surface area contributed by atoms with Crippen LogP contribution in [-0.4, -0.2) is 87.0 Å². The van der Waals surface area contributed by atoms with E-state index >= 15 is 4.39 Å². The Bertz CT molecular complexity index is 1340. The molecule has 0 spiro atoms. The summed E-state index contributed by atoms with van der Waals surface area (Å²) in [6.45, 7) is 6.64. The monoisotopic (exact) mass is 545 g/mol. The van der Waals surface area contributed by atoms with Crippen LogP contribution in [0.15, 0.2) is 28.7 Å². The highest BCUT2D eigenvalue weighted by molar-refractivity contribution is 6.24. The molecule has 11 heteroatoms. The van der Waals surface area contributed by atoms with Crippen molar-refractivity contribution >= 4 is 17.5 Å². The van der Waals surface area contributed by atoms with Gasteiger partial charge < -0.3 is 31.1 Å². The molecule has 39 heavy (non-hydrogen) atoms. The van der Waals surface area contributed by atoms with Crippen molar-refractivity contribution in [2.24, 2.45) is 23.0 Å². The molecule has 6 N–H and O–H groups in total. The Kier molecular flexibility index (Phi) is 6.94. The number of rotatable bonds is 5. The van der Waals surface area contributed by atoms with Gasteiger partial charge in [0, 0.05) is 30.1 Å². The number of amides is 1. The molecule has 4 atom stereocenters. The van der Waals surface area contributed by atoms with E-state index < -0.39 is 69.6 Å². The van der Waals surface area contributed by atoms with Gasteiger partial charge in [-0.3, -0.25) is 19.3 Å². The molecule has 0 heterocycles. The van der Waals surface area contributed by atoms with Gasteiger partial charge in [0.1, 0.15) is 28.7 Å². The first-order valence-corrected chi connectivity index (χ1v) is 12.8. The maximum Gasteiger partial charge on any atom is 0.255 e. The van der Waals surface area contributed by atoms with Gasteiger partial charge in [-0.05, 0) is 56.9 Å². The van der Waals surface area contributed by atoms with Crippen LogP contribution in [0, 0.1) is 23.1 Å². The zero-order chi connectivity index (χ0) is 29.4. The largest absolute Gasteiger partial charge is 0.510 e. The van der Waals surface area contributed by atoms with Crippen LogP contribution in [0.25, 0.3) is 0 Å². The lowest BCUT2D eigenvalue weighted by atomic mass is 9.58. The Labute approximate surface area is 226 Å². The van der Waals surface area contributed by atoms with E-state index in [0.717, 1.165) is 0 Å². The van der Waals surface area contributed by atoms with Gasteiger partial charge in [0.25, 0.3) is 5.91 Å². The third-order valence-corrected chi connectivity index (χ3v) is 7.94. The van der Waals surface area contributed by atoms with Crippen molar-refractivity contribution in [1.29, 1.82) is 0 Å². The van der Waals surface area contributed by atoms with Crippen LogP contribution in [0.3, 0.4) is 0 Å². The van der Waals surface area contributed by atoms with E-state index in [1.165, 1.54) is 11.0 Å². The Balaban J connectivity index is 1.85. The van der Waals surface area contributed by atoms with Gasteiger partial charge in [-0.2, -0.15) is 0 Å². The summed E-state index contributed by atoms with van der Waals surface area (Å²) in [7, 11) is 4.87. The van der Waals surface area contributed by atoms with E-state index in [0.29, 0.717) is 6.54 Å². The highest BCUT2D eigenvalue weighted by atomic mass is 19.1. The number of halogens is 1. The number of ketones is 2. The molecule has 0 saturated carbocycles. The highest BCUT2D eigenvalue weighted by Crippen LogP contribution is 2.52. The number of likely N-dealkylation sites (N-methyl/N-ethyl adjacent to an activating group) is 1. The number of aliphatic hydroxyl groups is 3. The van der Waals surface area contributed by atoms with Crippen molar-refractivity contribution in [3.05, 3.63) is 51.2 Å². The van der Waals surface area contributed by atoms with Gasteiger partial charge in [0.15, 0.2) is 11.4 Å². The summed E-state index contributed by atoms with van der Waals surface area (Å²) in [5.74, 6) is -8.11. The van der Waals surface area contributed by atoms with Crippen LogP contribution in [0.2, 0.25) is 0 Å². The minimum Gasteiger partial charge on any atom is -0.510 e. The lowest BCUT2D eigenvalue weighted by Crippen LogP contribution is -2.63. The fraction of sp³-hybridized carbons (Fsp3) is 0.536. The number of carbonyl (C=O) groups excluding carboxylic acids is 3. The average Bonchev–Trinajstić information content (AvgIpc) is 2.77. The van der Waals surface area contributed by atoms with Gasteiger partial charge in [-0.1, -0.05) is 20.8 Å². The summed E-state index contributed by atoms with van der Waals surface area (Å²) in [5.41, 5.74) is 1.36. The first kappa shape index (κ1) is 28.7. The van der Waals surface area contributed by atoms with Crippen molar-refractivity contribution in [3.8, 4) is 5.75 Å². The number of nitrogens with two attached hydrogens (primary N) is 1. The number of benzene rings is 1. The highest BCUT2D eigenvalue weighted by Gasteiger charge is 2.63. The van der Waals surface area contributed by atoms with E-state index in [4.69, 9.17) is 5.73 Å². The number of hydrogen-bond acceptors (Lipinski definition) is 9. The van der Waals surface area contributed by atoms with E-state index in [2.05, 4.69) is 0 Å². The Morgan fingerprint density at radius 3 is 2.33 bits per heavy atom. The van der Waals surface area contributed by atoms with Gasteiger partial charge in [-0.15, -0.1) is 0 Å². The van der Waals surface area contributed by atoms with Crippen LogP contribution in [0.1, 0.15) is 48.7 Å². The lowest BCUT2D eigenvalue weighted by molar-refractivity contribution is -0.148. The number of phenolic OH excluding ortho intramolecular Hbond substituents is 1. The molecule has 0 fully saturated rings. The summed E-state index contributed by atoms with van der Waals surface area (Å²) in [6.07, 6.45) is -0.0126. The number of hydrogen-bond donors (Lipinski definition) is 5. The molecule has 4 rings (SSSR count). The summed E-state index contributed by atoms with van der Waals surface area (Å²) in [4.78, 5) is 42.5. The molecule has 3 aliphatic carbocycles. The Hall–Kier alpha value is -3.28. The molecule has 0 bridgehead atoms. The second-order valence-electron chi connectivity index (χ2n) is 12.4. The normalized spacial score (nSPS) is 27.2. The van der Waals surface area contributed by atoms with E-state index in [1.807, 2.05) is 25.7 Å². The minimum absolute atomic E-state index is 0.0189. The molecule has 0 unspecified atom stereocenters. The standard InChI is InChI=1S/C28H36FN3O7/c1-27(2,3)11-32(6)10-14-16(29)9-13-7-12-8-15-20(31(4)5)23(35)19(26(30)38)25(37)28(15,39)24(36)18(12)22(34)17(13)21(14)33/h9,12,15,20,33,35-36,39H,7-8,10-11H2,1-6H3,(H2,30,38)/t12-,15-,20-,28-/m0/s1. The third-order valence-electron chi connectivity index (χ3n) is 7.94. The average molecular weight is 546 g/mol. The molecule has 1 amide bonds. The second-order valence-corrected chi connectivity index (χ2v) is 12.4. The van der Waals surface area contributed by atoms with Crippen molar-refractivity contribution in [1.82, 2.24) is 9.80 Å². The zero-order valence-electron chi connectivity index (χ0n) is 23.0. The van der Waals surface area contributed by atoms with Crippen molar-refractivity contribution in [3.63, 3.8) is 0 Å².